The zero-order valence-corrected chi connectivity index (χ0v) is 13.7. The third-order valence-electron chi connectivity index (χ3n) is 2.85. The minimum atomic E-state index is -3.95. The van der Waals surface area contributed by atoms with Crippen molar-refractivity contribution in [2.45, 2.75) is 24.8 Å². The number of hydrogen-bond acceptors (Lipinski definition) is 5. The van der Waals surface area contributed by atoms with Crippen LogP contribution >= 0.6 is 12.2 Å². The second-order valence-electron chi connectivity index (χ2n) is 4.41. The number of carbonyl (C=O) groups is 1. The molecule has 1 unspecified atom stereocenters. The fourth-order valence-electron chi connectivity index (χ4n) is 1.63. The molecule has 1 atom stereocenters. The Bertz CT molecular complexity index is 646. The van der Waals surface area contributed by atoms with Crippen molar-refractivity contribution in [3.05, 3.63) is 24.0 Å². The Morgan fingerprint density at radius 3 is 2.71 bits per heavy atom. The second-order valence-corrected chi connectivity index (χ2v) is 6.53. The van der Waals surface area contributed by atoms with Gasteiger partial charge < -0.3 is 10.6 Å². The lowest BCUT2D eigenvalue weighted by Crippen LogP contribution is -2.45. The first-order valence-corrected chi connectivity index (χ1v) is 8.12. The Kier molecular flexibility index (Phi) is 5.76. The fourth-order valence-corrected chi connectivity index (χ4v) is 3.22. The summed E-state index contributed by atoms with van der Waals surface area (Å²) in [5, 5.41) is 0. The van der Waals surface area contributed by atoms with Gasteiger partial charge in [-0.2, -0.15) is 4.72 Å². The summed E-state index contributed by atoms with van der Waals surface area (Å²) in [5.41, 5.74) is 5.48. The van der Waals surface area contributed by atoms with Gasteiger partial charge >= 0.3 is 0 Å². The van der Waals surface area contributed by atoms with E-state index in [-0.39, 0.29) is 21.5 Å². The van der Waals surface area contributed by atoms with Crippen LogP contribution < -0.4 is 10.5 Å². The van der Waals surface area contributed by atoms with Gasteiger partial charge in [0.2, 0.25) is 15.9 Å². The average Bonchev–Trinajstić information content (AvgIpc) is 2.45. The molecule has 1 heterocycles. The maximum Gasteiger partial charge on any atom is 0.243 e. The number of sulfonamides is 1. The molecule has 9 heteroatoms. The number of thiocarbonyl (C=S) groups is 1. The highest BCUT2D eigenvalue weighted by Gasteiger charge is 2.26. The lowest BCUT2D eigenvalue weighted by Gasteiger charge is -2.20. The highest BCUT2D eigenvalue weighted by Crippen LogP contribution is 2.13. The van der Waals surface area contributed by atoms with Crippen LogP contribution in [0.25, 0.3) is 0 Å². The monoisotopic (exact) mass is 330 g/mol. The molecular weight excluding hydrogens is 312 g/mol. The Labute approximate surface area is 129 Å². The molecule has 116 valence electrons. The van der Waals surface area contributed by atoms with Gasteiger partial charge in [0.25, 0.3) is 0 Å². The number of rotatable bonds is 6. The van der Waals surface area contributed by atoms with Crippen LogP contribution in [-0.4, -0.2) is 48.8 Å². The van der Waals surface area contributed by atoms with E-state index in [1.54, 1.807) is 14.0 Å². The van der Waals surface area contributed by atoms with Crippen LogP contribution in [0.4, 0.5) is 0 Å². The number of nitrogens with zero attached hydrogens (tertiary/aromatic N) is 2. The maximum absolute atomic E-state index is 12.3. The van der Waals surface area contributed by atoms with Crippen LogP contribution in [0.3, 0.4) is 0 Å². The second kappa shape index (κ2) is 6.92. The fraction of sp³-hybridized carbons (Fsp3) is 0.417. The lowest BCUT2D eigenvalue weighted by atomic mass is 10.3. The molecular formula is C12H18N4O3S2. The number of hydrogen-bond donors (Lipinski definition) is 2. The Hall–Kier alpha value is -1.58. The van der Waals surface area contributed by atoms with Crippen LogP contribution in [0.5, 0.6) is 0 Å². The van der Waals surface area contributed by atoms with E-state index >= 15 is 0 Å². The van der Waals surface area contributed by atoms with Crippen LogP contribution in [0, 0.1) is 0 Å². The smallest absolute Gasteiger partial charge is 0.243 e. The standard InChI is InChI=1S/C12H18N4O3S2/c1-4-16(3)12(17)8(2)15-21(18,19)9-6-5-7-14-10(9)11(13)20/h5-8,15H,4H2,1-3H3,(H2,13,20). The molecule has 21 heavy (non-hydrogen) atoms. The molecule has 0 aliphatic carbocycles. The highest BCUT2D eigenvalue weighted by atomic mass is 32.2. The summed E-state index contributed by atoms with van der Waals surface area (Å²) >= 11 is 4.79. The minimum Gasteiger partial charge on any atom is -0.388 e. The third-order valence-corrected chi connectivity index (χ3v) is 4.61. The number of nitrogens with two attached hydrogens (primary N) is 1. The molecule has 7 nitrogen and oxygen atoms in total. The predicted octanol–water partition coefficient (Wildman–Crippen LogP) is -0.139. The van der Waals surface area contributed by atoms with Crippen molar-refractivity contribution in [3.8, 4) is 0 Å². The van der Waals surface area contributed by atoms with Gasteiger partial charge in [-0.25, -0.2) is 8.42 Å². The van der Waals surface area contributed by atoms with E-state index < -0.39 is 16.1 Å². The summed E-state index contributed by atoms with van der Waals surface area (Å²) in [5.74, 6) is -0.332. The van der Waals surface area contributed by atoms with Crippen LogP contribution in [0.1, 0.15) is 19.5 Å². The average molecular weight is 330 g/mol. The first-order valence-electron chi connectivity index (χ1n) is 6.22. The zero-order valence-electron chi connectivity index (χ0n) is 12.0. The molecule has 0 aromatic carbocycles. The quantitative estimate of drug-likeness (QED) is 0.704. The highest BCUT2D eigenvalue weighted by molar-refractivity contribution is 7.89. The molecule has 0 radical (unpaired) electrons. The Balaban J connectivity index is 3.08. The number of amides is 1. The Morgan fingerprint density at radius 2 is 2.19 bits per heavy atom. The predicted molar refractivity (Wildman–Crippen MR) is 83.2 cm³/mol. The molecule has 1 amide bonds. The number of likely N-dealkylation sites (N-methyl/N-ethyl adjacent to an activating group) is 1. The number of nitrogens with one attached hydrogen (secondary N) is 1. The summed E-state index contributed by atoms with van der Waals surface area (Å²) < 4.78 is 27.0. The van der Waals surface area contributed by atoms with Crippen LogP contribution in [-0.2, 0) is 14.8 Å². The van der Waals surface area contributed by atoms with E-state index in [1.165, 1.54) is 30.2 Å². The van der Waals surface area contributed by atoms with Gasteiger partial charge in [0, 0.05) is 19.8 Å². The molecule has 0 bridgehead atoms. The molecule has 0 saturated heterocycles. The summed E-state index contributed by atoms with van der Waals surface area (Å²) in [6, 6.07) is 1.89. The number of pyridine rings is 1. The summed E-state index contributed by atoms with van der Waals surface area (Å²) in [6.07, 6.45) is 1.40. The zero-order chi connectivity index (χ0) is 16.2. The van der Waals surface area contributed by atoms with Gasteiger partial charge in [0.05, 0.1) is 6.04 Å². The topological polar surface area (TPSA) is 105 Å². The molecule has 0 saturated carbocycles. The van der Waals surface area contributed by atoms with Crippen molar-refractivity contribution in [2.75, 3.05) is 13.6 Å². The Morgan fingerprint density at radius 1 is 1.57 bits per heavy atom. The number of aromatic nitrogens is 1. The van der Waals surface area contributed by atoms with Crippen molar-refractivity contribution in [2.24, 2.45) is 5.73 Å². The maximum atomic E-state index is 12.3. The van der Waals surface area contributed by atoms with Crippen molar-refractivity contribution in [3.63, 3.8) is 0 Å². The molecule has 3 N–H and O–H groups in total. The van der Waals surface area contributed by atoms with Gasteiger partial charge in [-0.15, -0.1) is 0 Å². The summed E-state index contributed by atoms with van der Waals surface area (Å²) in [7, 11) is -2.35. The first-order chi connectivity index (χ1) is 9.70. The molecule has 1 rings (SSSR count). The van der Waals surface area contributed by atoms with Gasteiger partial charge in [-0.05, 0) is 26.0 Å². The van der Waals surface area contributed by atoms with Crippen molar-refractivity contribution < 1.29 is 13.2 Å². The van der Waals surface area contributed by atoms with E-state index in [2.05, 4.69) is 9.71 Å². The van der Waals surface area contributed by atoms with Gasteiger partial charge in [0.15, 0.2) is 0 Å². The normalized spacial score (nSPS) is 12.7. The van der Waals surface area contributed by atoms with E-state index in [1.807, 2.05) is 0 Å². The van der Waals surface area contributed by atoms with Crippen molar-refractivity contribution in [1.82, 2.24) is 14.6 Å². The van der Waals surface area contributed by atoms with E-state index in [9.17, 15) is 13.2 Å². The lowest BCUT2D eigenvalue weighted by molar-refractivity contribution is -0.131. The number of carbonyl (C=O) groups excluding carboxylic acids is 1. The van der Waals surface area contributed by atoms with E-state index in [4.69, 9.17) is 18.0 Å². The van der Waals surface area contributed by atoms with Gasteiger partial charge in [0.1, 0.15) is 15.6 Å². The molecule has 1 aromatic rings. The SMILES string of the molecule is CCN(C)C(=O)C(C)NS(=O)(=O)c1cccnc1C(N)=S. The van der Waals surface area contributed by atoms with E-state index in [0.717, 1.165) is 0 Å². The van der Waals surface area contributed by atoms with E-state index in [0.29, 0.717) is 6.54 Å². The summed E-state index contributed by atoms with van der Waals surface area (Å²) in [4.78, 5) is 17.0. The minimum absolute atomic E-state index is 0.00324. The van der Waals surface area contributed by atoms with Crippen LogP contribution in [0.15, 0.2) is 23.2 Å². The van der Waals surface area contributed by atoms with Gasteiger partial charge in [-0.1, -0.05) is 12.2 Å². The van der Waals surface area contributed by atoms with Crippen molar-refractivity contribution in [1.29, 1.82) is 0 Å². The van der Waals surface area contributed by atoms with Crippen LogP contribution in [0.2, 0.25) is 0 Å². The molecule has 1 aromatic heterocycles. The van der Waals surface area contributed by atoms with Crippen molar-refractivity contribution >= 4 is 33.1 Å². The summed E-state index contributed by atoms with van der Waals surface area (Å²) in [6.45, 7) is 3.75. The largest absolute Gasteiger partial charge is 0.388 e. The molecule has 0 fully saturated rings. The van der Waals surface area contributed by atoms with Gasteiger partial charge in [-0.3, -0.25) is 9.78 Å². The first kappa shape index (κ1) is 17.5. The molecule has 0 aliphatic rings. The molecule has 0 aliphatic heterocycles. The molecule has 0 spiro atoms. The third kappa shape index (κ3) is 4.19.